The lowest BCUT2D eigenvalue weighted by atomic mass is 10.1. The van der Waals surface area contributed by atoms with E-state index in [4.69, 9.17) is 0 Å². The predicted molar refractivity (Wildman–Crippen MR) is 62.0 cm³/mol. The van der Waals surface area contributed by atoms with Crippen LogP contribution in [0.2, 0.25) is 11.1 Å². The Morgan fingerprint density at radius 1 is 0.923 bits per heavy atom. The summed E-state index contributed by atoms with van der Waals surface area (Å²) in [5, 5.41) is 3.51. The molecule has 0 bridgehead atoms. The van der Waals surface area contributed by atoms with Gasteiger partial charge in [0.05, 0.1) is 0 Å². The monoisotopic (exact) mass is 201 g/mol. The van der Waals surface area contributed by atoms with E-state index in [0.717, 1.165) is 11.1 Å². The zero-order valence-corrected chi connectivity index (χ0v) is 11.2. The second kappa shape index (κ2) is 5.13. The second-order valence-corrected chi connectivity index (χ2v) is 8.73. The van der Waals surface area contributed by atoms with Gasteiger partial charge in [-0.3, -0.25) is 10.5 Å². The van der Waals surface area contributed by atoms with E-state index < -0.39 is 8.96 Å². The first-order valence-electron chi connectivity index (χ1n) is 5.14. The van der Waals surface area contributed by atoms with Crippen LogP contribution in [0.5, 0.6) is 0 Å². The zero-order valence-electron chi connectivity index (χ0n) is 10.2. The van der Waals surface area contributed by atoms with E-state index >= 15 is 0 Å². The van der Waals surface area contributed by atoms with Crippen LogP contribution in [-0.4, -0.2) is 14.5 Å². The van der Waals surface area contributed by atoms with Gasteiger partial charge in [-0.1, -0.05) is 27.7 Å². The minimum atomic E-state index is -0.473. The van der Waals surface area contributed by atoms with Crippen LogP contribution in [0.25, 0.3) is 0 Å². The van der Waals surface area contributed by atoms with Crippen molar-refractivity contribution in [3.63, 3.8) is 0 Å². The summed E-state index contributed by atoms with van der Waals surface area (Å²) >= 11 is 0. The first-order valence-corrected chi connectivity index (χ1v) is 6.79. The smallest absolute Gasteiger partial charge is 0.156 e. The summed E-state index contributed by atoms with van der Waals surface area (Å²) in [5.41, 5.74) is 5.07. The van der Waals surface area contributed by atoms with Crippen LogP contribution in [0.3, 0.4) is 0 Å². The third-order valence-corrected chi connectivity index (χ3v) is 4.73. The number of hydrogen-bond acceptors (Lipinski definition) is 2. The Labute approximate surface area is 85.2 Å². The normalized spacial score (nSPS) is 13.4. The third kappa shape index (κ3) is 6.24. The van der Waals surface area contributed by atoms with Gasteiger partial charge in [-0.2, -0.15) is 0 Å². The molecule has 0 unspecified atom stereocenters. The summed E-state index contributed by atoms with van der Waals surface area (Å²) in [7, 11) is -0.473. The molecule has 0 rings (SSSR count). The van der Waals surface area contributed by atoms with Gasteiger partial charge in [0.15, 0.2) is 8.96 Å². The molecule has 0 spiro atoms. The Morgan fingerprint density at radius 3 is 1.54 bits per heavy atom. The molecule has 0 aromatic heterocycles. The third-order valence-electron chi connectivity index (χ3n) is 1.83. The molecule has 0 amide bonds. The summed E-state index contributed by atoms with van der Waals surface area (Å²) in [6, 6.07) is 0. The fraction of sp³-hybridized carbons (Fsp3) is 1.00. The molecule has 13 heavy (non-hydrogen) atoms. The van der Waals surface area contributed by atoms with Crippen molar-refractivity contribution < 1.29 is 0 Å². The van der Waals surface area contributed by atoms with Crippen LogP contribution in [0.4, 0.5) is 0 Å². The van der Waals surface area contributed by atoms with Gasteiger partial charge in [-0.05, 0) is 31.9 Å². The fourth-order valence-corrected chi connectivity index (χ4v) is 3.65. The van der Waals surface area contributed by atoms with Crippen molar-refractivity contribution in [2.24, 2.45) is 0 Å². The van der Waals surface area contributed by atoms with Crippen LogP contribution in [0.15, 0.2) is 0 Å². The highest BCUT2D eigenvalue weighted by atomic mass is 28.3. The topological polar surface area (TPSA) is 24.1 Å². The first-order chi connectivity index (χ1) is 5.74. The molecule has 79 valence electrons. The molecule has 0 aliphatic heterocycles. The highest BCUT2D eigenvalue weighted by Gasteiger charge is 2.21. The molecule has 1 radical (unpaired) electrons. The standard InChI is InChI=1S/C10H25N2Si/c1-8(2)13(9(3)4)12-11-10(5,6)7/h8-9,11-12H,1-7H3. The molecule has 0 heterocycles. The van der Waals surface area contributed by atoms with Crippen LogP contribution in [0.1, 0.15) is 48.5 Å². The van der Waals surface area contributed by atoms with Crippen molar-refractivity contribution in [3.8, 4) is 0 Å². The van der Waals surface area contributed by atoms with Crippen LogP contribution in [0, 0.1) is 0 Å². The van der Waals surface area contributed by atoms with E-state index in [1.165, 1.54) is 0 Å². The Morgan fingerprint density at radius 2 is 1.31 bits per heavy atom. The van der Waals surface area contributed by atoms with Crippen molar-refractivity contribution in [1.82, 2.24) is 10.5 Å². The molecule has 3 heteroatoms. The van der Waals surface area contributed by atoms with Gasteiger partial charge in [0, 0.05) is 5.54 Å². The SMILES string of the molecule is CC(C)[Si](NNC(C)(C)C)C(C)C. The number of hydrogen-bond donors (Lipinski definition) is 2. The molecule has 2 nitrogen and oxygen atoms in total. The summed E-state index contributed by atoms with van der Waals surface area (Å²) in [5.74, 6) is 0. The molecular weight excluding hydrogens is 176 g/mol. The number of rotatable bonds is 4. The van der Waals surface area contributed by atoms with E-state index in [1.54, 1.807) is 0 Å². The van der Waals surface area contributed by atoms with Crippen molar-refractivity contribution in [2.75, 3.05) is 0 Å². The number of hydrazine groups is 1. The molecule has 2 N–H and O–H groups in total. The van der Waals surface area contributed by atoms with Crippen LogP contribution < -0.4 is 10.5 Å². The van der Waals surface area contributed by atoms with E-state index in [9.17, 15) is 0 Å². The maximum absolute atomic E-state index is 3.51. The van der Waals surface area contributed by atoms with Crippen molar-refractivity contribution in [1.29, 1.82) is 0 Å². The first kappa shape index (κ1) is 13.1. The van der Waals surface area contributed by atoms with Gasteiger partial charge in [-0.15, -0.1) is 0 Å². The highest BCUT2D eigenvalue weighted by molar-refractivity contribution is 6.58. The van der Waals surface area contributed by atoms with E-state index in [0.29, 0.717) is 0 Å². The lowest BCUT2D eigenvalue weighted by Crippen LogP contribution is -2.54. The second-order valence-electron chi connectivity index (χ2n) is 5.26. The van der Waals surface area contributed by atoms with Crippen molar-refractivity contribution in [2.45, 2.75) is 65.1 Å². The molecule has 0 aliphatic rings. The molecule has 0 aromatic carbocycles. The Hall–Kier alpha value is 0.137. The zero-order chi connectivity index (χ0) is 10.6. The maximum Gasteiger partial charge on any atom is 0.156 e. The van der Waals surface area contributed by atoms with Crippen LogP contribution in [-0.2, 0) is 0 Å². The quantitative estimate of drug-likeness (QED) is 0.540. The minimum Gasteiger partial charge on any atom is -0.279 e. The van der Waals surface area contributed by atoms with Gasteiger partial charge in [0.2, 0.25) is 0 Å². The largest absolute Gasteiger partial charge is 0.279 e. The molecule has 0 saturated heterocycles. The summed E-state index contributed by atoms with van der Waals surface area (Å²) in [4.78, 5) is 0. The van der Waals surface area contributed by atoms with Crippen LogP contribution >= 0.6 is 0 Å². The van der Waals surface area contributed by atoms with Gasteiger partial charge in [0.25, 0.3) is 0 Å². The lowest BCUT2D eigenvalue weighted by Gasteiger charge is -2.29. The molecule has 0 fully saturated rings. The Bertz CT molecular complexity index is 130. The fourth-order valence-electron chi connectivity index (χ4n) is 1.22. The summed E-state index contributed by atoms with van der Waals surface area (Å²) in [6.45, 7) is 15.7. The number of nitrogens with one attached hydrogen (secondary N) is 2. The van der Waals surface area contributed by atoms with Gasteiger partial charge >= 0.3 is 0 Å². The molecule has 0 aliphatic carbocycles. The molecular formula is C10H25N2Si. The van der Waals surface area contributed by atoms with E-state index in [-0.39, 0.29) is 5.54 Å². The Kier molecular flexibility index (Phi) is 5.18. The van der Waals surface area contributed by atoms with Gasteiger partial charge < -0.3 is 0 Å². The minimum absolute atomic E-state index is 0.166. The van der Waals surface area contributed by atoms with Crippen molar-refractivity contribution >= 4 is 8.96 Å². The average Bonchev–Trinajstić information content (AvgIpc) is 1.82. The maximum atomic E-state index is 3.51. The summed E-state index contributed by atoms with van der Waals surface area (Å²) < 4.78 is 0. The van der Waals surface area contributed by atoms with Gasteiger partial charge in [-0.25, -0.2) is 0 Å². The van der Waals surface area contributed by atoms with E-state index in [1.807, 2.05) is 0 Å². The highest BCUT2D eigenvalue weighted by Crippen LogP contribution is 2.16. The molecule has 0 atom stereocenters. The van der Waals surface area contributed by atoms with Gasteiger partial charge in [0.1, 0.15) is 0 Å². The lowest BCUT2D eigenvalue weighted by molar-refractivity contribution is 0.403. The average molecular weight is 201 g/mol. The van der Waals surface area contributed by atoms with E-state index in [2.05, 4.69) is 59.0 Å². The van der Waals surface area contributed by atoms with Crippen molar-refractivity contribution in [3.05, 3.63) is 0 Å². The molecule has 0 aromatic rings. The Balaban J connectivity index is 3.98. The molecule has 0 saturated carbocycles. The predicted octanol–water partition coefficient (Wildman–Crippen LogP) is 2.69. The summed E-state index contributed by atoms with van der Waals surface area (Å²) in [6.07, 6.45) is 0.